The van der Waals surface area contributed by atoms with Crippen LogP contribution >= 0.6 is 0 Å². The fourth-order valence-corrected chi connectivity index (χ4v) is 3.02. The molecule has 0 saturated carbocycles. The molecule has 23 heavy (non-hydrogen) atoms. The highest BCUT2D eigenvalue weighted by atomic mass is 16.2. The van der Waals surface area contributed by atoms with Gasteiger partial charge in [0.05, 0.1) is 6.54 Å². The van der Waals surface area contributed by atoms with Crippen LogP contribution in [-0.2, 0) is 11.3 Å². The van der Waals surface area contributed by atoms with Gasteiger partial charge in [-0.2, -0.15) is 5.10 Å². The van der Waals surface area contributed by atoms with Crippen molar-refractivity contribution in [3.63, 3.8) is 0 Å². The number of likely N-dealkylation sites (N-methyl/N-ethyl adjacent to an activating group) is 1. The summed E-state index contributed by atoms with van der Waals surface area (Å²) in [6.07, 6.45) is 2.73. The molecular weight excluding hydrogens is 298 g/mol. The van der Waals surface area contributed by atoms with E-state index in [0.29, 0.717) is 26.1 Å². The van der Waals surface area contributed by atoms with Crippen molar-refractivity contribution < 1.29 is 9.59 Å². The fraction of sp³-hybridized carbons (Fsp3) is 0.714. The van der Waals surface area contributed by atoms with Gasteiger partial charge in [-0.25, -0.2) is 9.78 Å². The van der Waals surface area contributed by atoms with Gasteiger partial charge in [0, 0.05) is 52.2 Å². The topological polar surface area (TPSA) is 97.5 Å². The van der Waals surface area contributed by atoms with Gasteiger partial charge in [-0.3, -0.25) is 14.8 Å². The third kappa shape index (κ3) is 3.98. The van der Waals surface area contributed by atoms with Crippen LogP contribution in [0.4, 0.5) is 4.79 Å². The lowest BCUT2D eigenvalue weighted by Crippen LogP contribution is -2.56. The second-order valence-corrected chi connectivity index (χ2v) is 6.15. The van der Waals surface area contributed by atoms with Crippen LogP contribution in [0.1, 0.15) is 18.7 Å². The highest BCUT2D eigenvalue weighted by Crippen LogP contribution is 2.11. The summed E-state index contributed by atoms with van der Waals surface area (Å²) < 4.78 is 0. The van der Waals surface area contributed by atoms with Gasteiger partial charge in [-0.15, -0.1) is 0 Å². The molecule has 1 aromatic heterocycles. The molecule has 9 nitrogen and oxygen atoms in total. The number of hydrogen-bond donors (Lipinski definition) is 2. The molecule has 2 saturated heterocycles. The quantitative estimate of drug-likeness (QED) is 0.764. The largest absolute Gasteiger partial charge is 0.344 e. The van der Waals surface area contributed by atoms with Crippen LogP contribution in [0.5, 0.6) is 0 Å². The smallest absolute Gasteiger partial charge is 0.317 e. The van der Waals surface area contributed by atoms with Crippen molar-refractivity contribution in [1.29, 1.82) is 0 Å². The first-order valence-corrected chi connectivity index (χ1v) is 7.98. The van der Waals surface area contributed by atoms with E-state index >= 15 is 0 Å². The molecular formula is C14H23N7O2. The molecule has 1 aromatic rings. The van der Waals surface area contributed by atoms with Crippen molar-refractivity contribution in [3.05, 3.63) is 12.2 Å². The van der Waals surface area contributed by atoms with Gasteiger partial charge < -0.3 is 15.1 Å². The van der Waals surface area contributed by atoms with Crippen LogP contribution in [0.3, 0.4) is 0 Å². The Morgan fingerprint density at radius 3 is 2.83 bits per heavy atom. The SMILES string of the molecule is CN1CC(NC(=O)N2CCN(Cc3ncn[nH]3)CC2)CCC1=O. The third-order valence-corrected chi connectivity index (χ3v) is 4.45. The lowest BCUT2D eigenvalue weighted by molar-refractivity contribution is -0.132. The maximum atomic E-state index is 12.3. The number of likely N-dealkylation sites (tertiary alicyclic amines) is 1. The van der Waals surface area contributed by atoms with Crippen LogP contribution in [0.15, 0.2) is 6.33 Å². The van der Waals surface area contributed by atoms with E-state index in [0.717, 1.165) is 31.9 Å². The van der Waals surface area contributed by atoms with Crippen molar-refractivity contribution in [2.75, 3.05) is 39.8 Å². The van der Waals surface area contributed by atoms with E-state index < -0.39 is 0 Å². The van der Waals surface area contributed by atoms with Crippen LogP contribution in [-0.4, -0.2) is 87.6 Å². The minimum atomic E-state index is -0.0305. The Balaban J connectivity index is 1.42. The van der Waals surface area contributed by atoms with Crippen LogP contribution < -0.4 is 5.32 Å². The number of rotatable bonds is 3. The summed E-state index contributed by atoms with van der Waals surface area (Å²) in [6.45, 7) is 4.35. The number of carbonyl (C=O) groups excluding carboxylic acids is 2. The summed E-state index contributed by atoms with van der Waals surface area (Å²) in [5.41, 5.74) is 0. The van der Waals surface area contributed by atoms with Crippen LogP contribution in [0.2, 0.25) is 0 Å². The Morgan fingerprint density at radius 2 is 2.17 bits per heavy atom. The number of H-pyrrole nitrogens is 1. The Kier molecular flexibility index (Phi) is 4.75. The average Bonchev–Trinajstić information content (AvgIpc) is 3.04. The Bertz CT molecular complexity index is 539. The summed E-state index contributed by atoms with van der Waals surface area (Å²) in [5, 5.41) is 9.74. The van der Waals surface area contributed by atoms with Crippen molar-refractivity contribution >= 4 is 11.9 Å². The van der Waals surface area contributed by atoms with Gasteiger partial charge >= 0.3 is 6.03 Å². The number of aromatic amines is 1. The van der Waals surface area contributed by atoms with E-state index in [1.54, 1.807) is 11.9 Å². The normalized spacial score (nSPS) is 23.2. The number of urea groups is 1. The molecule has 126 valence electrons. The second-order valence-electron chi connectivity index (χ2n) is 6.15. The molecule has 2 aliphatic rings. The average molecular weight is 321 g/mol. The van der Waals surface area contributed by atoms with E-state index in [1.807, 2.05) is 4.90 Å². The first-order chi connectivity index (χ1) is 11.1. The monoisotopic (exact) mass is 321 g/mol. The van der Waals surface area contributed by atoms with Gasteiger partial charge in [0.25, 0.3) is 0 Å². The molecule has 0 aliphatic carbocycles. The second kappa shape index (κ2) is 6.95. The Hall–Kier alpha value is -2.16. The molecule has 1 unspecified atom stereocenters. The van der Waals surface area contributed by atoms with E-state index in [4.69, 9.17) is 0 Å². The van der Waals surface area contributed by atoms with E-state index in [1.165, 1.54) is 6.33 Å². The molecule has 2 aliphatic heterocycles. The molecule has 3 heterocycles. The lowest BCUT2D eigenvalue weighted by Gasteiger charge is -2.36. The number of amides is 3. The van der Waals surface area contributed by atoms with Gasteiger partial charge in [0.15, 0.2) is 0 Å². The Morgan fingerprint density at radius 1 is 1.39 bits per heavy atom. The van der Waals surface area contributed by atoms with Gasteiger partial charge in [-0.1, -0.05) is 0 Å². The van der Waals surface area contributed by atoms with Gasteiger partial charge in [0.2, 0.25) is 5.91 Å². The van der Waals surface area contributed by atoms with Crippen molar-refractivity contribution in [2.45, 2.75) is 25.4 Å². The van der Waals surface area contributed by atoms with Crippen molar-refractivity contribution in [2.24, 2.45) is 0 Å². The number of hydrogen-bond acceptors (Lipinski definition) is 5. The summed E-state index contributed by atoms with van der Waals surface area (Å²) in [7, 11) is 1.78. The zero-order chi connectivity index (χ0) is 16.2. The number of piperazine rings is 1. The zero-order valence-electron chi connectivity index (χ0n) is 13.4. The molecule has 9 heteroatoms. The molecule has 3 rings (SSSR count). The maximum Gasteiger partial charge on any atom is 0.317 e. The Labute approximate surface area is 135 Å². The highest BCUT2D eigenvalue weighted by Gasteiger charge is 2.27. The molecule has 2 N–H and O–H groups in total. The minimum Gasteiger partial charge on any atom is -0.344 e. The van der Waals surface area contributed by atoms with Crippen LogP contribution in [0.25, 0.3) is 0 Å². The number of piperidine rings is 1. The summed E-state index contributed by atoms with van der Waals surface area (Å²) in [6, 6.07) is 0.0227. The molecule has 1 atom stereocenters. The van der Waals surface area contributed by atoms with Gasteiger partial charge in [-0.05, 0) is 6.42 Å². The minimum absolute atomic E-state index is 0.0305. The first kappa shape index (κ1) is 15.7. The standard InChI is InChI=1S/C14H23N7O2/c1-19-8-11(2-3-13(19)22)17-14(23)21-6-4-20(5-7-21)9-12-15-10-16-18-12/h10-11H,2-9H2,1H3,(H,17,23)(H,15,16,18). The number of nitrogens with zero attached hydrogens (tertiary/aromatic N) is 5. The molecule has 0 aromatic carbocycles. The number of nitrogens with one attached hydrogen (secondary N) is 2. The highest BCUT2D eigenvalue weighted by molar-refractivity contribution is 5.78. The van der Waals surface area contributed by atoms with E-state index in [-0.39, 0.29) is 18.0 Å². The van der Waals surface area contributed by atoms with Crippen LogP contribution in [0, 0.1) is 0 Å². The van der Waals surface area contributed by atoms with Crippen molar-refractivity contribution in [3.8, 4) is 0 Å². The number of aromatic nitrogens is 3. The summed E-state index contributed by atoms with van der Waals surface area (Å²) in [4.78, 5) is 33.7. The third-order valence-electron chi connectivity index (χ3n) is 4.45. The molecule has 0 radical (unpaired) electrons. The van der Waals surface area contributed by atoms with Gasteiger partial charge in [0.1, 0.15) is 12.2 Å². The lowest BCUT2D eigenvalue weighted by atomic mass is 10.1. The van der Waals surface area contributed by atoms with E-state index in [9.17, 15) is 9.59 Å². The molecule has 0 bridgehead atoms. The number of carbonyl (C=O) groups is 2. The summed E-state index contributed by atoms with van der Waals surface area (Å²) >= 11 is 0. The predicted octanol–water partition coefficient (Wildman–Crippen LogP) is -0.747. The molecule has 3 amide bonds. The summed E-state index contributed by atoms with van der Waals surface area (Å²) in [5.74, 6) is 0.995. The predicted molar refractivity (Wildman–Crippen MR) is 82.4 cm³/mol. The molecule has 2 fully saturated rings. The van der Waals surface area contributed by atoms with E-state index in [2.05, 4.69) is 25.4 Å². The first-order valence-electron chi connectivity index (χ1n) is 7.98. The molecule has 0 spiro atoms. The maximum absolute atomic E-state index is 12.3. The zero-order valence-corrected chi connectivity index (χ0v) is 13.4. The fourth-order valence-electron chi connectivity index (χ4n) is 3.02. The van der Waals surface area contributed by atoms with Crippen molar-refractivity contribution in [1.82, 2.24) is 35.2 Å².